The second-order valence-corrected chi connectivity index (χ2v) is 2.36. The molecule has 1 nitrogen and oxygen atoms in total. The Kier molecular flexibility index (Phi) is 8.77. The van der Waals surface area contributed by atoms with Crippen molar-refractivity contribution >= 4 is 0 Å². The van der Waals surface area contributed by atoms with E-state index in [9.17, 15) is 5.11 Å². The molecule has 0 aliphatic heterocycles. The van der Waals surface area contributed by atoms with Crippen molar-refractivity contribution < 1.29 is 24.0 Å². The zero-order valence-electron chi connectivity index (χ0n) is 7.11. The van der Waals surface area contributed by atoms with Crippen molar-refractivity contribution in [3.63, 3.8) is 0 Å². The van der Waals surface area contributed by atoms with Crippen molar-refractivity contribution in [1.82, 2.24) is 0 Å². The van der Waals surface area contributed by atoms with Crippen LogP contribution in [0, 0.1) is 0 Å². The molecule has 0 rings (SSSR count). The zero-order chi connectivity index (χ0) is 7.28. The molecule has 0 aromatic carbocycles. The zero-order valence-corrected chi connectivity index (χ0v) is 7.11. The molecular weight excluding hydrogens is 119 g/mol. The fraction of sp³-hybridized carbons (Fsp3) is 0.500. The van der Waals surface area contributed by atoms with E-state index < -0.39 is 0 Å². The van der Waals surface area contributed by atoms with E-state index in [0.717, 1.165) is 6.42 Å². The van der Waals surface area contributed by atoms with Crippen molar-refractivity contribution in [1.29, 1.82) is 0 Å². The molecule has 0 spiro atoms. The Morgan fingerprint density at radius 3 is 2.30 bits per heavy atom. The minimum atomic E-state index is 0. The van der Waals surface area contributed by atoms with E-state index in [1.165, 1.54) is 5.57 Å². The minimum absolute atomic E-state index is 0. The third kappa shape index (κ3) is 10.8. The molecule has 52 valence electrons. The van der Waals surface area contributed by atoms with E-state index in [0.29, 0.717) is 6.42 Å². The van der Waals surface area contributed by atoms with Gasteiger partial charge in [0.1, 0.15) is 0 Å². The molecule has 0 unspecified atom stereocenters. The van der Waals surface area contributed by atoms with Gasteiger partial charge in [-0.2, -0.15) is 0 Å². The van der Waals surface area contributed by atoms with Crippen LogP contribution in [0.2, 0.25) is 0 Å². The average Bonchev–Trinajstić information content (AvgIpc) is 1.63. The number of hydrogen-bond donors (Lipinski definition) is 0. The maximum Gasteiger partial charge on any atom is 1.00 e. The van der Waals surface area contributed by atoms with Crippen LogP contribution in [-0.2, 0) is 0 Å². The molecule has 0 saturated carbocycles. The predicted octanol–water partition coefficient (Wildman–Crippen LogP) is -1.39. The summed E-state index contributed by atoms with van der Waals surface area (Å²) in [6.45, 7) is 7.31. The summed E-state index contributed by atoms with van der Waals surface area (Å²) in [4.78, 5) is 0. The van der Waals surface area contributed by atoms with Crippen molar-refractivity contribution in [2.24, 2.45) is 0 Å². The molecular formula is C8H13LiO. The van der Waals surface area contributed by atoms with Gasteiger partial charge < -0.3 is 5.11 Å². The third-order valence-corrected chi connectivity index (χ3v) is 0.976. The number of allylic oxidation sites excluding steroid dienone is 3. The molecule has 0 radical (unpaired) electrons. The summed E-state index contributed by atoms with van der Waals surface area (Å²) in [5.74, 6) is 0.0208. The standard InChI is InChI=1S/C8H14O.Li/c1-7(2)5-4-6-8(3)9;/h5,9H,3-4,6H2,1-2H3;/q;+1/p-1. The molecule has 0 N–H and O–H groups in total. The molecule has 0 aromatic heterocycles. The van der Waals surface area contributed by atoms with Gasteiger partial charge in [-0.3, -0.25) is 0 Å². The van der Waals surface area contributed by atoms with E-state index >= 15 is 0 Å². The number of rotatable bonds is 3. The van der Waals surface area contributed by atoms with Crippen LogP contribution in [0.4, 0.5) is 0 Å². The Labute approximate surface area is 75.0 Å². The molecule has 0 fully saturated rings. The van der Waals surface area contributed by atoms with Gasteiger partial charge >= 0.3 is 18.9 Å². The molecule has 0 heterocycles. The monoisotopic (exact) mass is 132 g/mol. The fourth-order valence-electron chi connectivity index (χ4n) is 0.522. The van der Waals surface area contributed by atoms with Gasteiger partial charge in [-0.15, -0.1) is 12.3 Å². The van der Waals surface area contributed by atoms with Crippen LogP contribution in [0.15, 0.2) is 24.0 Å². The van der Waals surface area contributed by atoms with Crippen molar-refractivity contribution in [2.75, 3.05) is 0 Å². The first kappa shape index (κ1) is 12.5. The molecule has 2 heteroatoms. The van der Waals surface area contributed by atoms with Crippen molar-refractivity contribution in [3.05, 3.63) is 24.0 Å². The maximum atomic E-state index is 10.3. The maximum absolute atomic E-state index is 10.3. The van der Waals surface area contributed by atoms with Crippen LogP contribution < -0.4 is 24.0 Å². The summed E-state index contributed by atoms with van der Waals surface area (Å²) >= 11 is 0. The van der Waals surface area contributed by atoms with Crippen molar-refractivity contribution in [2.45, 2.75) is 26.7 Å². The Balaban J connectivity index is 0. The quantitative estimate of drug-likeness (QED) is 0.263. The summed E-state index contributed by atoms with van der Waals surface area (Å²) in [5.41, 5.74) is 1.26. The van der Waals surface area contributed by atoms with Crippen LogP contribution >= 0.6 is 0 Å². The SMILES string of the molecule is C=C([O-])CCC=C(C)C.[Li+]. The normalized spacial score (nSPS) is 7.80. The van der Waals surface area contributed by atoms with Gasteiger partial charge in [-0.05, 0) is 26.7 Å². The van der Waals surface area contributed by atoms with E-state index in [1.54, 1.807) is 0 Å². The van der Waals surface area contributed by atoms with Crippen LogP contribution in [0.3, 0.4) is 0 Å². The first-order valence-electron chi connectivity index (χ1n) is 3.11. The average molecular weight is 132 g/mol. The second kappa shape index (κ2) is 6.99. The summed E-state index contributed by atoms with van der Waals surface area (Å²) in [7, 11) is 0. The Morgan fingerprint density at radius 2 is 2.00 bits per heavy atom. The Morgan fingerprint density at radius 1 is 1.50 bits per heavy atom. The van der Waals surface area contributed by atoms with Crippen LogP contribution in [0.25, 0.3) is 0 Å². The summed E-state index contributed by atoms with van der Waals surface area (Å²) in [6, 6.07) is 0. The van der Waals surface area contributed by atoms with Crippen LogP contribution in [0.1, 0.15) is 26.7 Å². The van der Waals surface area contributed by atoms with E-state index in [2.05, 4.69) is 6.58 Å². The molecule has 0 aromatic rings. The van der Waals surface area contributed by atoms with Crippen molar-refractivity contribution in [3.8, 4) is 0 Å². The summed E-state index contributed by atoms with van der Waals surface area (Å²) in [6.07, 6.45) is 3.46. The largest absolute Gasteiger partial charge is 1.00 e. The van der Waals surface area contributed by atoms with Gasteiger partial charge in [0.15, 0.2) is 0 Å². The van der Waals surface area contributed by atoms with E-state index in [4.69, 9.17) is 0 Å². The molecule has 0 saturated heterocycles. The minimum Gasteiger partial charge on any atom is -0.876 e. The van der Waals surface area contributed by atoms with Gasteiger partial charge in [0, 0.05) is 0 Å². The molecule has 0 aliphatic rings. The predicted molar refractivity (Wildman–Crippen MR) is 37.8 cm³/mol. The molecule has 10 heavy (non-hydrogen) atoms. The van der Waals surface area contributed by atoms with Gasteiger partial charge in [0.2, 0.25) is 0 Å². The van der Waals surface area contributed by atoms with Gasteiger partial charge in [0.05, 0.1) is 0 Å². The number of hydrogen-bond acceptors (Lipinski definition) is 1. The van der Waals surface area contributed by atoms with E-state index in [1.807, 2.05) is 19.9 Å². The Bertz CT molecular complexity index is 123. The first-order valence-corrected chi connectivity index (χ1v) is 3.11. The Hall–Kier alpha value is -0.123. The summed E-state index contributed by atoms with van der Waals surface area (Å²) < 4.78 is 0. The third-order valence-electron chi connectivity index (χ3n) is 0.976. The smallest absolute Gasteiger partial charge is 0.876 e. The van der Waals surface area contributed by atoms with Gasteiger partial charge in [-0.25, -0.2) is 0 Å². The fourth-order valence-corrected chi connectivity index (χ4v) is 0.522. The second-order valence-electron chi connectivity index (χ2n) is 2.36. The van der Waals surface area contributed by atoms with Gasteiger partial charge in [0.25, 0.3) is 0 Å². The molecule has 0 bridgehead atoms. The summed E-state index contributed by atoms with van der Waals surface area (Å²) in [5, 5.41) is 10.3. The van der Waals surface area contributed by atoms with Gasteiger partial charge in [-0.1, -0.05) is 11.6 Å². The topological polar surface area (TPSA) is 23.1 Å². The molecule has 0 atom stereocenters. The first-order chi connectivity index (χ1) is 4.13. The molecule has 0 aliphatic carbocycles. The van der Waals surface area contributed by atoms with Crippen LogP contribution in [-0.4, -0.2) is 0 Å². The van der Waals surface area contributed by atoms with E-state index in [-0.39, 0.29) is 24.6 Å². The van der Waals surface area contributed by atoms with Crippen LogP contribution in [0.5, 0.6) is 0 Å². The molecule has 0 amide bonds.